The van der Waals surface area contributed by atoms with Crippen molar-refractivity contribution in [2.24, 2.45) is 17.3 Å². The van der Waals surface area contributed by atoms with Crippen molar-refractivity contribution in [2.45, 2.75) is 50.7 Å². The summed E-state index contributed by atoms with van der Waals surface area (Å²) in [5, 5.41) is 20.8. The second kappa shape index (κ2) is 7.49. The second-order valence-corrected chi connectivity index (χ2v) is 10.9. The molecular weight excluding hydrogens is 422 g/mol. The third-order valence-electron chi connectivity index (χ3n) is 7.55. The lowest BCUT2D eigenvalue weighted by molar-refractivity contribution is -0.178. The third kappa shape index (κ3) is 3.36. The van der Waals surface area contributed by atoms with Crippen LogP contribution >= 0.6 is 11.3 Å². The predicted octanol–water partition coefficient (Wildman–Crippen LogP) is 3.52. The van der Waals surface area contributed by atoms with E-state index in [4.69, 9.17) is 0 Å². The molecule has 4 bridgehead atoms. The van der Waals surface area contributed by atoms with Crippen molar-refractivity contribution >= 4 is 17.2 Å². The van der Waals surface area contributed by atoms with Crippen molar-refractivity contribution in [1.29, 1.82) is 0 Å². The molecule has 2 N–H and O–H groups in total. The standard InChI is InChI=1S/C24H27N5O2S/c30-22(23-9-16-8-17(10-23)12-24(31,11-16)15-23)27-5-6-29-21(20-2-1-7-32-20)18(13-28-29)19-14-25-3-4-26-19/h1-4,7,13-14,16-17,31H,5-6,8-12,15H2,(H,27,30)/t16-,17-,23?,24?/m0/s1. The van der Waals surface area contributed by atoms with E-state index in [2.05, 4.69) is 26.4 Å². The van der Waals surface area contributed by atoms with Crippen LogP contribution in [-0.2, 0) is 11.3 Å². The lowest BCUT2D eigenvalue weighted by atomic mass is 9.47. The van der Waals surface area contributed by atoms with Gasteiger partial charge in [-0.15, -0.1) is 11.3 Å². The molecule has 0 saturated heterocycles. The highest BCUT2D eigenvalue weighted by Crippen LogP contribution is 2.61. The number of thiophene rings is 1. The highest BCUT2D eigenvalue weighted by molar-refractivity contribution is 7.13. The van der Waals surface area contributed by atoms with Crippen molar-refractivity contribution in [3.8, 4) is 21.8 Å². The molecule has 0 spiro atoms. The SMILES string of the molecule is O=C(NCCn1ncc(-c2cnccn2)c1-c1cccs1)C12C[C@@H]3C[C@H](CC(O)(C3)C1)C2. The van der Waals surface area contributed by atoms with Crippen LogP contribution in [0.4, 0.5) is 0 Å². The normalized spacial score (nSPS) is 30.5. The number of aliphatic hydroxyl groups is 1. The number of rotatable bonds is 6. The van der Waals surface area contributed by atoms with Gasteiger partial charge in [0.15, 0.2) is 0 Å². The molecule has 3 aromatic rings. The first-order valence-corrected chi connectivity index (χ1v) is 12.3. The number of amides is 1. The zero-order valence-corrected chi connectivity index (χ0v) is 18.7. The Morgan fingerprint density at radius 3 is 2.75 bits per heavy atom. The van der Waals surface area contributed by atoms with E-state index in [0.29, 0.717) is 31.3 Å². The summed E-state index contributed by atoms with van der Waals surface area (Å²) in [6.07, 6.45) is 12.3. The monoisotopic (exact) mass is 449 g/mol. The van der Waals surface area contributed by atoms with Crippen molar-refractivity contribution in [3.05, 3.63) is 42.3 Å². The van der Waals surface area contributed by atoms with Crippen molar-refractivity contribution in [1.82, 2.24) is 25.1 Å². The Balaban J connectivity index is 1.20. The molecule has 32 heavy (non-hydrogen) atoms. The number of hydrogen-bond donors (Lipinski definition) is 2. The first-order chi connectivity index (χ1) is 15.5. The van der Waals surface area contributed by atoms with E-state index in [9.17, 15) is 9.90 Å². The van der Waals surface area contributed by atoms with Crippen LogP contribution in [0.1, 0.15) is 38.5 Å². The summed E-state index contributed by atoms with van der Waals surface area (Å²) in [6, 6.07) is 4.10. The van der Waals surface area contributed by atoms with Crippen molar-refractivity contribution in [2.75, 3.05) is 6.54 Å². The quantitative estimate of drug-likeness (QED) is 0.601. The molecular formula is C24H27N5O2S. The third-order valence-corrected chi connectivity index (χ3v) is 8.43. The van der Waals surface area contributed by atoms with Gasteiger partial charge in [-0.1, -0.05) is 6.07 Å². The molecule has 166 valence electrons. The van der Waals surface area contributed by atoms with Crippen LogP contribution in [-0.4, -0.2) is 42.9 Å². The molecule has 0 radical (unpaired) electrons. The molecule has 2 atom stereocenters. The summed E-state index contributed by atoms with van der Waals surface area (Å²) in [5.41, 5.74) is 1.72. The van der Waals surface area contributed by atoms with Gasteiger partial charge in [0.25, 0.3) is 0 Å². The summed E-state index contributed by atoms with van der Waals surface area (Å²) in [6.45, 7) is 1.08. The van der Waals surface area contributed by atoms with Crippen molar-refractivity contribution < 1.29 is 9.90 Å². The average Bonchev–Trinajstić information content (AvgIpc) is 3.42. The molecule has 4 fully saturated rings. The van der Waals surface area contributed by atoms with Gasteiger partial charge in [-0.2, -0.15) is 5.10 Å². The maximum Gasteiger partial charge on any atom is 0.226 e. The second-order valence-electron chi connectivity index (χ2n) is 9.92. The summed E-state index contributed by atoms with van der Waals surface area (Å²) in [7, 11) is 0. The largest absolute Gasteiger partial charge is 0.390 e. The zero-order valence-electron chi connectivity index (χ0n) is 17.9. The Morgan fingerprint density at radius 1 is 1.22 bits per heavy atom. The predicted molar refractivity (Wildman–Crippen MR) is 122 cm³/mol. The average molecular weight is 450 g/mol. The lowest BCUT2D eigenvalue weighted by Gasteiger charge is -2.59. The van der Waals surface area contributed by atoms with Gasteiger partial charge in [0.05, 0.1) is 46.2 Å². The minimum absolute atomic E-state index is 0.115. The van der Waals surface area contributed by atoms with Crippen molar-refractivity contribution in [3.63, 3.8) is 0 Å². The lowest BCUT2D eigenvalue weighted by Crippen LogP contribution is -2.60. The van der Waals surface area contributed by atoms with E-state index in [-0.39, 0.29) is 11.3 Å². The maximum absolute atomic E-state index is 13.3. The number of carbonyl (C=O) groups is 1. The van der Waals surface area contributed by atoms with Gasteiger partial charge in [0, 0.05) is 24.5 Å². The number of carbonyl (C=O) groups excluding carboxylic acids is 1. The molecule has 4 aliphatic carbocycles. The molecule has 0 aliphatic heterocycles. The van der Waals surface area contributed by atoms with E-state index in [0.717, 1.165) is 47.5 Å². The van der Waals surface area contributed by atoms with Gasteiger partial charge in [-0.25, -0.2) is 0 Å². The Morgan fingerprint density at radius 2 is 2.06 bits per heavy atom. The summed E-state index contributed by atoms with van der Waals surface area (Å²) in [4.78, 5) is 23.1. The molecule has 7 rings (SSSR count). The van der Waals surface area contributed by atoms with Gasteiger partial charge in [0.1, 0.15) is 0 Å². The van der Waals surface area contributed by atoms with Gasteiger partial charge in [-0.05, 0) is 61.8 Å². The minimum Gasteiger partial charge on any atom is -0.390 e. The fourth-order valence-corrected chi connectivity index (χ4v) is 7.58. The summed E-state index contributed by atoms with van der Waals surface area (Å²) in [5.74, 6) is 1.11. The van der Waals surface area contributed by atoms with Crippen LogP contribution < -0.4 is 5.32 Å². The molecule has 3 heterocycles. The minimum atomic E-state index is -0.624. The molecule has 1 amide bonds. The van der Waals surface area contributed by atoms with Crippen LogP contribution in [0.2, 0.25) is 0 Å². The molecule has 0 aromatic carbocycles. The van der Waals surface area contributed by atoms with Gasteiger partial charge >= 0.3 is 0 Å². The van der Waals surface area contributed by atoms with Gasteiger partial charge < -0.3 is 10.4 Å². The van der Waals surface area contributed by atoms with Crippen LogP contribution in [0.15, 0.2) is 42.3 Å². The van der Waals surface area contributed by atoms with Crippen LogP contribution in [0.25, 0.3) is 21.8 Å². The summed E-state index contributed by atoms with van der Waals surface area (Å²) < 4.78 is 1.95. The van der Waals surface area contributed by atoms with E-state index in [1.54, 1.807) is 29.9 Å². The number of hydrogen-bond acceptors (Lipinski definition) is 6. The van der Waals surface area contributed by atoms with Crippen LogP contribution in [0.3, 0.4) is 0 Å². The highest BCUT2D eigenvalue weighted by Gasteiger charge is 2.60. The Hall–Kier alpha value is -2.58. The van der Waals surface area contributed by atoms with Crippen LogP contribution in [0, 0.1) is 17.3 Å². The topological polar surface area (TPSA) is 92.9 Å². The first-order valence-electron chi connectivity index (χ1n) is 11.4. The van der Waals surface area contributed by atoms with Gasteiger partial charge in [-0.3, -0.25) is 19.4 Å². The smallest absolute Gasteiger partial charge is 0.226 e. The molecule has 3 aromatic heterocycles. The highest BCUT2D eigenvalue weighted by atomic mass is 32.1. The fraction of sp³-hybridized carbons (Fsp3) is 0.500. The Labute approximate surface area is 190 Å². The molecule has 4 saturated carbocycles. The van der Waals surface area contributed by atoms with Crippen LogP contribution in [0.5, 0.6) is 0 Å². The number of aromatic nitrogens is 4. The Kier molecular flexibility index (Phi) is 4.69. The molecule has 4 aliphatic rings. The first kappa shape index (κ1) is 20.1. The molecule has 8 heteroatoms. The van der Waals surface area contributed by atoms with E-state index in [1.807, 2.05) is 22.3 Å². The number of nitrogens with one attached hydrogen (secondary N) is 1. The number of nitrogens with zero attached hydrogens (tertiary/aromatic N) is 4. The van der Waals surface area contributed by atoms with Gasteiger partial charge in [0.2, 0.25) is 5.91 Å². The van der Waals surface area contributed by atoms with E-state index in [1.165, 1.54) is 6.42 Å². The Bertz CT molecular complexity index is 1110. The fourth-order valence-electron chi connectivity index (χ4n) is 6.80. The zero-order chi connectivity index (χ0) is 21.8. The maximum atomic E-state index is 13.3. The molecule has 7 nitrogen and oxygen atoms in total. The van der Waals surface area contributed by atoms with E-state index < -0.39 is 5.60 Å². The van der Waals surface area contributed by atoms with E-state index >= 15 is 0 Å². The molecule has 0 unspecified atom stereocenters. The summed E-state index contributed by atoms with van der Waals surface area (Å²) >= 11 is 1.66.